The fraction of sp³-hybridized carbons (Fsp3) is 0.125. The molecule has 0 aliphatic carbocycles. The van der Waals surface area contributed by atoms with Crippen LogP contribution in [-0.2, 0) is 10.0 Å². The highest BCUT2D eigenvalue weighted by molar-refractivity contribution is 8.00. The van der Waals surface area contributed by atoms with Crippen molar-refractivity contribution in [3.63, 3.8) is 0 Å². The van der Waals surface area contributed by atoms with Gasteiger partial charge in [-0.2, -0.15) is 0 Å². The molecule has 0 heterocycles. The van der Waals surface area contributed by atoms with E-state index in [0.29, 0.717) is 17.2 Å². The zero-order valence-corrected chi connectivity index (χ0v) is 16.8. The molecule has 0 bridgehead atoms. The van der Waals surface area contributed by atoms with E-state index in [1.165, 1.54) is 36.0 Å². The maximum Gasteiger partial charge on any atom is 0.337 e. The van der Waals surface area contributed by atoms with Gasteiger partial charge in [0.1, 0.15) is 4.90 Å². The molecule has 12 N–H and O–H groups in total. The van der Waals surface area contributed by atoms with Gasteiger partial charge in [-0.3, -0.25) is 0 Å². The third-order valence-electron chi connectivity index (χ3n) is 3.85. The molecule has 13 heteroatoms. The van der Waals surface area contributed by atoms with Crippen molar-refractivity contribution in [2.24, 2.45) is 27.6 Å². The minimum absolute atomic E-state index is 0.0540. The molecule has 2 aromatic carbocycles. The molecule has 0 amide bonds. The van der Waals surface area contributed by atoms with Crippen molar-refractivity contribution in [3.8, 4) is 11.1 Å². The highest BCUT2D eigenvalue weighted by Crippen LogP contribution is 2.38. The molecule has 0 saturated carbocycles. The number of nitrogen functional groups attached to an aromatic ring is 1. The van der Waals surface area contributed by atoms with E-state index in [-0.39, 0.29) is 38.7 Å². The summed E-state index contributed by atoms with van der Waals surface area (Å²) in [5, 5.41) is 18.5. The van der Waals surface area contributed by atoms with E-state index in [4.69, 9.17) is 28.2 Å². The number of nitrogens with zero attached hydrogens (tertiary/aromatic N) is 1. The second-order valence-electron chi connectivity index (χ2n) is 5.70. The first-order valence-corrected chi connectivity index (χ1v) is 10.6. The van der Waals surface area contributed by atoms with Gasteiger partial charge in [-0.05, 0) is 17.7 Å². The van der Waals surface area contributed by atoms with Crippen LogP contribution in [0.1, 0.15) is 15.9 Å². The summed E-state index contributed by atoms with van der Waals surface area (Å²) in [4.78, 5) is 11.5. The fourth-order valence-electron chi connectivity index (χ4n) is 2.72. The second-order valence-corrected chi connectivity index (χ2v) is 8.33. The average molecular weight is 440 g/mol. The quantitative estimate of drug-likeness (QED) is 0.0690. The summed E-state index contributed by atoms with van der Waals surface area (Å²) in [5.74, 6) is 4.11. The summed E-state index contributed by atoms with van der Waals surface area (Å²) in [5.41, 5.74) is 19.7. The number of aromatic carboxylic acids is 1. The molecule has 11 nitrogen and oxygen atoms in total. The van der Waals surface area contributed by atoms with Gasteiger partial charge >= 0.3 is 5.97 Å². The molecule has 0 radical (unpaired) electrons. The Bertz CT molecular complexity index is 1070. The number of anilines is 1. The Morgan fingerprint density at radius 3 is 2.45 bits per heavy atom. The maximum atomic E-state index is 12.4. The van der Waals surface area contributed by atoms with Gasteiger partial charge in [0.2, 0.25) is 10.0 Å². The van der Waals surface area contributed by atoms with Gasteiger partial charge in [-0.1, -0.05) is 18.2 Å². The minimum Gasteiger partial charge on any atom is -0.478 e. The predicted octanol–water partition coefficient (Wildman–Crippen LogP) is -0.584. The number of nitrogens with one attached hydrogen (secondary N) is 1. The first-order valence-electron chi connectivity index (χ1n) is 8.07. The highest BCUT2D eigenvalue weighted by atomic mass is 32.2. The third kappa shape index (κ3) is 4.78. The summed E-state index contributed by atoms with van der Waals surface area (Å²) >= 11 is 1.17. The average Bonchev–Trinajstić information content (AvgIpc) is 2.65. The lowest BCUT2D eigenvalue weighted by Gasteiger charge is -2.18. The molecule has 0 unspecified atom stereocenters. The van der Waals surface area contributed by atoms with Crippen molar-refractivity contribution in [1.82, 2.24) is 5.53 Å². The number of carboxylic acid groups (broad SMARTS) is 1. The molecule has 0 atom stereocenters. The number of benzene rings is 2. The van der Waals surface area contributed by atoms with Crippen LogP contribution in [0.2, 0.25) is 0 Å². The predicted molar refractivity (Wildman–Crippen MR) is 112 cm³/mol. The fourth-order valence-corrected chi connectivity index (χ4v) is 4.83. The molecular weight excluding hydrogens is 418 g/mol. The third-order valence-corrected chi connectivity index (χ3v) is 6.06. The SMILES string of the molecule is NCCSc1ccc(-c2cccc(C(=O)O)c2N)c(/C(N)=N/NN)c1S(N)(=O)=O. The van der Waals surface area contributed by atoms with Gasteiger partial charge in [0.05, 0.1) is 11.3 Å². The molecular formula is C16H21N7O4S2. The Balaban J connectivity index is 2.96. The zero-order valence-electron chi connectivity index (χ0n) is 15.1. The summed E-state index contributed by atoms with van der Waals surface area (Å²) in [7, 11) is -4.28. The van der Waals surface area contributed by atoms with E-state index in [0.717, 1.165) is 0 Å². The number of primary sulfonamides is 1. The topological polar surface area (TPSA) is 226 Å². The number of thioether (sulfide) groups is 1. The molecule has 29 heavy (non-hydrogen) atoms. The zero-order chi connectivity index (χ0) is 21.8. The van der Waals surface area contributed by atoms with Crippen LogP contribution in [0, 0.1) is 0 Å². The van der Waals surface area contributed by atoms with Crippen molar-refractivity contribution < 1.29 is 18.3 Å². The summed E-state index contributed by atoms with van der Waals surface area (Å²) in [6, 6.07) is 7.41. The molecule has 156 valence electrons. The van der Waals surface area contributed by atoms with Crippen molar-refractivity contribution in [2.75, 3.05) is 18.0 Å². The number of para-hydroxylation sites is 1. The first kappa shape index (κ1) is 22.4. The van der Waals surface area contributed by atoms with Crippen molar-refractivity contribution >= 4 is 39.3 Å². The largest absolute Gasteiger partial charge is 0.478 e. The molecule has 0 aromatic heterocycles. The van der Waals surface area contributed by atoms with Gasteiger partial charge < -0.3 is 22.3 Å². The monoisotopic (exact) mass is 439 g/mol. The molecule has 0 aliphatic heterocycles. The molecule has 2 aromatic rings. The van der Waals surface area contributed by atoms with Crippen LogP contribution in [0.5, 0.6) is 0 Å². The van der Waals surface area contributed by atoms with Gasteiger partial charge in [-0.25, -0.2) is 29.7 Å². The van der Waals surface area contributed by atoms with Crippen molar-refractivity contribution in [2.45, 2.75) is 9.79 Å². The maximum absolute atomic E-state index is 12.4. The standard InChI is InChI=1S/C16H21N7O4S2/c17-6-7-28-11-5-4-8(9-2-1-3-10(13(9)18)16(24)25)12(15(19)22-23-20)14(11)29(21,26)27/h1-5,23H,6-7,17-18,20H2,(H2,19,22)(H,24,25)(H2,21,26,27). The Morgan fingerprint density at radius 2 is 1.90 bits per heavy atom. The van der Waals surface area contributed by atoms with E-state index in [2.05, 4.69) is 5.10 Å². The normalized spacial score (nSPS) is 12.0. The van der Waals surface area contributed by atoms with Gasteiger partial charge in [0.25, 0.3) is 0 Å². The Morgan fingerprint density at radius 1 is 1.21 bits per heavy atom. The number of amidine groups is 1. The van der Waals surface area contributed by atoms with E-state index in [9.17, 15) is 18.3 Å². The number of hydrazine groups is 1. The lowest BCUT2D eigenvalue weighted by molar-refractivity contribution is 0.0698. The van der Waals surface area contributed by atoms with E-state index in [1.54, 1.807) is 6.07 Å². The van der Waals surface area contributed by atoms with Crippen molar-refractivity contribution in [1.29, 1.82) is 0 Å². The second kappa shape index (κ2) is 9.11. The van der Waals surface area contributed by atoms with Gasteiger partial charge in [0.15, 0.2) is 5.84 Å². The molecule has 2 rings (SSSR count). The first-order chi connectivity index (χ1) is 13.6. The highest BCUT2D eigenvalue weighted by Gasteiger charge is 2.27. The smallest absolute Gasteiger partial charge is 0.337 e. The van der Waals surface area contributed by atoms with Crippen LogP contribution >= 0.6 is 11.8 Å². The molecule has 0 aliphatic rings. The number of rotatable bonds is 8. The number of nitrogens with two attached hydrogens (primary N) is 5. The molecule has 0 fully saturated rings. The van der Waals surface area contributed by atoms with Crippen LogP contribution in [0.15, 0.2) is 45.2 Å². The number of hydrogen-bond donors (Lipinski definition) is 7. The summed E-state index contributed by atoms with van der Waals surface area (Å²) in [6.07, 6.45) is 0. The van der Waals surface area contributed by atoms with E-state index in [1.807, 2.05) is 5.53 Å². The van der Waals surface area contributed by atoms with Crippen molar-refractivity contribution in [3.05, 3.63) is 41.5 Å². The number of carbonyl (C=O) groups is 1. The van der Waals surface area contributed by atoms with E-state index < -0.39 is 16.0 Å². The molecule has 0 saturated heterocycles. The Labute approximate surface area is 171 Å². The number of hydrazone groups is 1. The van der Waals surface area contributed by atoms with E-state index >= 15 is 0 Å². The number of carboxylic acids is 1. The minimum atomic E-state index is -4.28. The summed E-state index contributed by atoms with van der Waals surface area (Å²) < 4.78 is 24.9. The van der Waals surface area contributed by atoms with Gasteiger partial charge in [-0.15, -0.1) is 16.9 Å². The van der Waals surface area contributed by atoms with Crippen LogP contribution in [0.25, 0.3) is 11.1 Å². The lowest BCUT2D eigenvalue weighted by Crippen LogP contribution is -2.27. The Hall–Kier alpha value is -2.84. The van der Waals surface area contributed by atoms with Crippen LogP contribution in [-0.4, -0.2) is 37.6 Å². The number of hydrogen-bond acceptors (Lipinski definition) is 9. The van der Waals surface area contributed by atoms with Crippen LogP contribution in [0.3, 0.4) is 0 Å². The molecule has 0 spiro atoms. The van der Waals surface area contributed by atoms with Gasteiger partial charge in [0, 0.05) is 28.3 Å². The lowest BCUT2D eigenvalue weighted by atomic mass is 9.95. The van der Waals surface area contributed by atoms with Crippen LogP contribution in [0.4, 0.5) is 5.69 Å². The van der Waals surface area contributed by atoms with Crippen LogP contribution < -0.4 is 33.7 Å². The number of sulfonamides is 1. The Kier molecular flexibility index (Phi) is 7.05. The summed E-state index contributed by atoms with van der Waals surface area (Å²) in [6.45, 7) is 0.299.